The minimum absolute atomic E-state index is 0.0718. The van der Waals surface area contributed by atoms with E-state index in [2.05, 4.69) is 5.32 Å². The molecular formula is C11H16N2O. The van der Waals surface area contributed by atoms with Gasteiger partial charge in [-0.1, -0.05) is 0 Å². The zero-order chi connectivity index (χ0) is 10.8. The van der Waals surface area contributed by atoms with E-state index in [9.17, 15) is 4.79 Å². The van der Waals surface area contributed by atoms with Crippen molar-refractivity contribution in [2.75, 3.05) is 5.73 Å². The van der Waals surface area contributed by atoms with Gasteiger partial charge in [-0.25, -0.2) is 0 Å². The Morgan fingerprint density at radius 3 is 2.14 bits per heavy atom. The number of carbonyl (C=O) groups excluding carboxylic acids is 1. The molecule has 3 N–H and O–H groups in total. The lowest BCUT2D eigenvalue weighted by Gasteiger charge is -2.20. The molecule has 3 nitrogen and oxygen atoms in total. The standard InChI is InChI=1S/C11H16N2O/c1-11(2,3)13-10(14)8-4-6-9(12)7-5-8/h4-7H,12H2,1-3H3,(H,13,14). The molecule has 0 fully saturated rings. The largest absolute Gasteiger partial charge is 0.399 e. The third-order valence-corrected chi connectivity index (χ3v) is 1.66. The second-order valence-electron chi connectivity index (χ2n) is 4.33. The van der Waals surface area contributed by atoms with Gasteiger partial charge in [-0.2, -0.15) is 0 Å². The summed E-state index contributed by atoms with van der Waals surface area (Å²) in [6.07, 6.45) is 0. The first-order valence-corrected chi connectivity index (χ1v) is 4.56. The SMILES string of the molecule is CC(C)(C)NC(=O)c1ccc(N)cc1. The van der Waals surface area contributed by atoms with Crippen molar-refractivity contribution in [2.24, 2.45) is 0 Å². The van der Waals surface area contributed by atoms with Gasteiger partial charge in [0.2, 0.25) is 0 Å². The van der Waals surface area contributed by atoms with Crippen molar-refractivity contribution in [3.05, 3.63) is 29.8 Å². The van der Waals surface area contributed by atoms with Gasteiger partial charge in [-0.15, -0.1) is 0 Å². The summed E-state index contributed by atoms with van der Waals surface area (Å²) in [5.74, 6) is -0.0718. The summed E-state index contributed by atoms with van der Waals surface area (Å²) in [7, 11) is 0. The van der Waals surface area contributed by atoms with Crippen LogP contribution in [0.1, 0.15) is 31.1 Å². The lowest BCUT2D eigenvalue weighted by atomic mass is 10.1. The van der Waals surface area contributed by atoms with Crippen molar-refractivity contribution in [3.63, 3.8) is 0 Å². The number of benzene rings is 1. The van der Waals surface area contributed by atoms with Crippen LogP contribution in [0.25, 0.3) is 0 Å². The molecule has 3 heteroatoms. The quantitative estimate of drug-likeness (QED) is 0.666. The maximum Gasteiger partial charge on any atom is 0.251 e. The van der Waals surface area contributed by atoms with Crippen LogP contribution in [-0.2, 0) is 0 Å². The van der Waals surface area contributed by atoms with Gasteiger partial charge in [-0.05, 0) is 45.0 Å². The Labute approximate surface area is 84.3 Å². The summed E-state index contributed by atoms with van der Waals surface area (Å²) in [4.78, 5) is 11.6. The highest BCUT2D eigenvalue weighted by Gasteiger charge is 2.14. The summed E-state index contributed by atoms with van der Waals surface area (Å²) in [6.45, 7) is 5.84. The van der Waals surface area contributed by atoms with Crippen LogP contribution in [-0.4, -0.2) is 11.4 Å². The van der Waals surface area contributed by atoms with Crippen molar-refractivity contribution in [1.29, 1.82) is 0 Å². The zero-order valence-electron chi connectivity index (χ0n) is 8.79. The molecule has 14 heavy (non-hydrogen) atoms. The number of carbonyl (C=O) groups is 1. The highest BCUT2D eigenvalue weighted by atomic mass is 16.1. The van der Waals surface area contributed by atoms with Crippen molar-refractivity contribution < 1.29 is 4.79 Å². The summed E-state index contributed by atoms with van der Waals surface area (Å²) >= 11 is 0. The second kappa shape index (κ2) is 3.70. The van der Waals surface area contributed by atoms with Crippen molar-refractivity contribution >= 4 is 11.6 Å². The summed E-state index contributed by atoms with van der Waals surface area (Å²) in [5.41, 5.74) is 6.61. The molecule has 0 aliphatic rings. The fourth-order valence-corrected chi connectivity index (χ4v) is 1.05. The van der Waals surface area contributed by atoms with Gasteiger partial charge in [0.15, 0.2) is 0 Å². The molecule has 0 radical (unpaired) electrons. The van der Waals surface area contributed by atoms with Crippen molar-refractivity contribution in [1.82, 2.24) is 5.32 Å². The topological polar surface area (TPSA) is 55.1 Å². The van der Waals surface area contributed by atoms with Crippen LogP contribution in [0.2, 0.25) is 0 Å². The summed E-state index contributed by atoms with van der Waals surface area (Å²) < 4.78 is 0. The number of hydrogen-bond acceptors (Lipinski definition) is 2. The van der Waals surface area contributed by atoms with Crippen LogP contribution in [0.15, 0.2) is 24.3 Å². The van der Waals surface area contributed by atoms with Gasteiger partial charge in [0.25, 0.3) is 5.91 Å². The van der Waals surface area contributed by atoms with Crippen LogP contribution in [0.4, 0.5) is 5.69 Å². The van der Waals surface area contributed by atoms with Gasteiger partial charge in [-0.3, -0.25) is 4.79 Å². The molecule has 1 rings (SSSR count). The second-order valence-corrected chi connectivity index (χ2v) is 4.33. The van der Waals surface area contributed by atoms with Crippen LogP contribution >= 0.6 is 0 Å². The summed E-state index contributed by atoms with van der Waals surface area (Å²) in [5, 5.41) is 2.88. The maximum atomic E-state index is 11.6. The lowest BCUT2D eigenvalue weighted by molar-refractivity contribution is 0.0919. The number of anilines is 1. The van der Waals surface area contributed by atoms with Gasteiger partial charge in [0.1, 0.15) is 0 Å². The van der Waals surface area contributed by atoms with E-state index < -0.39 is 0 Å². The molecule has 0 heterocycles. The van der Waals surface area contributed by atoms with E-state index in [1.165, 1.54) is 0 Å². The minimum atomic E-state index is -0.210. The van der Waals surface area contributed by atoms with Crippen LogP contribution in [0, 0.1) is 0 Å². The molecule has 1 aromatic rings. The van der Waals surface area contributed by atoms with Crippen molar-refractivity contribution in [3.8, 4) is 0 Å². The Bertz CT molecular complexity index is 322. The van der Waals surface area contributed by atoms with Crippen LogP contribution in [0.3, 0.4) is 0 Å². The zero-order valence-corrected chi connectivity index (χ0v) is 8.79. The highest BCUT2D eigenvalue weighted by molar-refractivity contribution is 5.94. The number of nitrogen functional groups attached to an aromatic ring is 1. The van der Waals surface area contributed by atoms with E-state index >= 15 is 0 Å². The Hall–Kier alpha value is -1.51. The maximum absolute atomic E-state index is 11.6. The Kier molecular flexibility index (Phi) is 2.79. The van der Waals surface area contributed by atoms with Gasteiger partial charge in [0, 0.05) is 16.8 Å². The molecule has 0 saturated carbocycles. The first-order chi connectivity index (χ1) is 6.38. The van der Waals surface area contributed by atoms with E-state index in [4.69, 9.17) is 5.73 Å². The first-order valence-electron chi connectivity index (χ1n) is 4.56. The molecule has 1 aromatic carbocycles. The number of hydrogen-bond donors (Lipinski definition) is 2. The molecule has 0 aliphatic heterocycles. The average Bonchev–Trinajstić information content (AvgIpc) is 2.02. The lowest BCUT2D eigenvalue weighted by Crippen LogP contribution is -2.40. The normalized spacial score (nSPS) is 11.1. The Morgan fingerprint density at radius 2 is 1.71 bits per heavy atom. The van der Waals surface area contributed by atoms with E-state index in [0.717, 1.165) is 0 Å². The fraction of sp³-hybridized carbons (Fsp3) is 0.364. The molecule has 0 aliphatic carbocycles. The first kappa shape index (κ1) is 10.6. The molecule has 1 amide bonds. The molecule has 0 aromatic heterocycles. The predicted octanol–water partition coefficient (Wildman–Crippen LogP) is 1.80. The molecular weight excluding hydrogens is 176 g/mol. The van der Waals surface area contributed by atoms with E-state index in [0.29, 0.717) is 11.3 Å². The minimum Gasteiger partial charge on any atom is -0.399 e. The summed E-state index contributed by atoms with van der Waals surface area (Å²) in [6, 6.07) is 6.88. The molecule has 76 valence electrons. The Morgan fingerprint density at radius 1 is 1.21 bits per heavy atom. The molecule has 0 bridgehead atoms. The van der Waals surface area contributed by atoms with Crippen molar-refractivity contribution in [2.45, 2.75) is 26.3 Å². The average molecular weight is 192 g/mol. The number of rotatable bonds is 1. The molecule has 0 unspecified atom stereocenters. The number of amides is 1. The highest BCUT2D eigenvalue weighted by Crippen LogP contribution is 2.07. The molecule has 0 atom stereocenters. The predicted molar refractivity (Wildman–Crippen MR) is 58.1 cm³/mol. The molecule has 0 saturated heterocycles. The van der Waals surface area contributed by atoms with Crippen LogP contribution in [0.5, 0.6) is 0 Å². The third-order valence-electron chi connectivity index (χ3n) is 1.66. The number of nitrogens with two attached hydrogens (primary N) is 1. The number of nitrogens with one attached hydrogen (secondary N) is 1. The monoisotopic (exact) mass is 192 g/mol. The van der Waals surface area contributed by atoms with Gasteiger partial charge in [0.05, 0.1) is 0 Å². The van der Waals surface area contributed by atoms with E-state index in [-0.39, 0.29) is 11.4 Å². The van der Waals surface area contributed by atoms with Crippen LogP contribution < -0.4 is 11.1 Å². The smallest absolute Gasteiger partial charge is 0.251 e. The van der Waals surface area contributed by atoms with E-state index in [1.807, 2.05) is 20.8 Å². The third kappa shape index (κ3) is 3.09. The van der Waals surface area contributed by atoms with Gasteiger partial charge >= 0.3 is 0 Å². The van der Waals surface area contributed by atoms with Gasteiger partial charge < -0.3 is 11.1 Å². The molecule has 0 spiro atoms. The fourth-order valence-electron chi connectivity index (χ4n) is 1.05. The van der Waals surface area contributed by atoms with E-state index in [1.54, 1.807) is 24.3 Å². The Balaban J connectivity index is 2.76.